The fraction of sp³-hybridized carbons (Fsp3) is 0.350. The molecular weight excluding hydrogens is 400 g/mol. The van der Waals surface area contributed by atoms with Crippen LogP contribution in [-0.4, -0.2) is 62.5 Å². The Bertz CT molecular complexity index is 874. The van der Waals surface area contributed by atoms with Crippen molar-refractivity contribution >= 4 is 17.4 Å². The second-order valence-electron chi connectivity index (χ2n) is 6.96. The number of nitrogens with zero attached hydrogens (tertiary/aromatic N) is 1. The highest BCUT2D eigenvalue weighted by molar-refractivity contribution is 6.31. The van der Waals surface area contributed by atoms with Gasteiger partial charge in [-0.15, -0.1) is 0 Å². The van der Waals surface area contributed by atoms with Gasteiger partial charge in [-0.05, 0) is 29.2 Å². The van der Waals surface area contributed by atoms with Gasteiger partial charge >= 0.3 is 0 Å². The lowest BCUT2D eigenvalue weighted by molar-refractivity contribution is -0.231. The maximum Gasteiger partial charge on any atom is 0.170 e. The lowest BCUT2D eigenvalue weighted by Gasteiger charge is -2.40. The molecule has 1 heterocycles. The first kappa shape index (κ1) is 21.5. The van der Waals surface area contributed by atoms with Crippen LogP contribution < -0.4 is 5.73 Å². The quantitative estimate of drug-likeness (QED) is 0.178. The molecule has 1 saturated heterocycles. The van der Waals surface area contributed by atoms with E-state index in [-0.39, 0.29) is 5.84 Å². The first-order valence-corrected chi connectivity index (χ1v) is 9.39. The van der Waals surface area contributed by atoms with Gasteiger partial charge in [0.05, 0.1) is 6.61 Å². The van der Waals surface area contributed by atoms with Crippen molar-refractivity contribution in [2.24, 2.45) is 10.9 Å². The number of aliphatic hydroxyl groups excluding tert-OH is 4. The molecule has 9 heteroatoms. The van der Waals surface area contributed by atoms with Crippen molar-refractivity contribution in [3.05, 3.63) is 69.7 Å². The molecule has 1 aliphatic heterocycles. The summed E-state index contributed by atoms with van der Waals surface area (Å²) in [6.07, 6.45) is -5.65. The molecule has 0 aliphatic carbocycles. The summed E-state index contributed by atoms with van der Waals surface area (Å²) < 4.78 is 5.61. The van der Waals surface area contributed by atoms with E-state index >= 15 is 0 Å². The molecule has 7 N–H and O–H groups in total. The maximum atomic E-state index is 10.3. The highest BCUT2D eigenvalue weighted by Crippen LogP contribution is 2.34. The predicted octanol–water partition coefficient (Wildman–Crippen LogP) is 0.540. The number of nitrogens with two attached hydrogens (primary N) is 1. The van der Waals surface area contributed by atoms with Gasteiger partial charge in [0.15, 0.2) is 5.84 Å². The summed E-state index contributed by atoms with van der Waals surface area (Å²) in [5.74, 6) is 0.0131. The van der Waals surface area contributed by atoms with Crippen molar-refractivity contribution in [1.29, 1.82) is 0 Å². The van der Waals surface area contributed by atoms with Gasteiger partial charge in [-0.2, -0.15) is 0 Å². The summed E-state index contributed by atoms with van der Waals surface area (Å²) in [5.41, 5.74) is 8.40. The second kappa shape index (κ2) is 9.08. The number of amidine groups is 1. The number of halogens is 1. The molecule has 1 fully saturated rings. The van der Waals surface area contributed by atoms with Crippen LogP contribution in [0, 0.1) is 0 Å². The summed E-state index contributed by atoms with van der Waals surface area (Å²) in [6.45, 7) is -0.492. The average Bonchev–Trinajstić information content (AvgIpc) is 2.74. The zero-order chi connectivity index (χ0) is 21.1. The van der Waals surface area contributed by atoms with Gasteiger partial charge in [-0.3, -0.25) is 0 Å². The molecule has 5 atom stereocenters. The molecular formula is C20H23ClN2O6. The molecule has 0 unspecified atom stereocenters. The molecule has 0 amide bonds. The fourth-order valence-electron chi connectivity index (χ4n) is 3.36. The van der Waals surface area contributed by atoms with E-state index in [2.05, 4.69) is 5.16 Å². The summed E-state index contributed by atoms with van der Waals surface area (Å²) in [6, 6.07) is 12.2. The fourth-order valence-corrected chi connectivity index (χ4v) is 3.54. The molecule has 8 nitrogen and oxygen atoms in total. The van der Waals surface area contributed by atoms with Crippen LogP contribution in [-0.2, 0) is 11.2 Å². The van der Waals surface area contributed by atoms with Gasteiger partial charge in [-0.1, -0.05) is 53.2 Å². The highest BCUT2D eigenvalue weighted by atomic mass is 35.5. The van der Waals surface area contributed by atoms with E-state index < -0.39 is 37.1 Å². The number of aliphatic hydroxyl groups is 4. The van der Waals surface area contributed by atoms with Crippen molar-refractivity contribution in [2.75, 3.05) is 6.61 Å². The average molecular weight is 423 g/mol. The molecule has 156 valence electrons. The third-order valence-electron chi connectivity index (χ3n) is 5.04. The lowest BCUT2D eigenvalue weighted by Crippen LogP contribution is -2.55. The van der Waals surface area contributed by atoms with Crippen molar-refractivity contribution in [3.8, 4) is 0 Å². The molecule has 0 aromatic heterocycles. The van der Waals surface area contributed by atoms with Crippen LogP contribution in [0.2, 0.25) is 5.02 Å². The Kier molecular flexibility index (Phi) is 6.74. The summed E-state index contributed by atoms with van der Waals surface area (Å²) >= 11 is 6.33. The number of hydrogen-bond donors (Lipinski definition) is 6. The normalized spacial score (nSPS) is 27.8. The Labute approximate surface area is 172 Å². The van der Waals surface area contributed by atoms with E-state index in [0.29, 0.717) is 22.6 Å². The molecule has 29 heavy (non-hydrogen) atoms. The Morgan fingerprint density at radius 2 is 1.72 bits per heavy atom. The second-order valence-corrected chi connectivity index (χ2v) is 7.37. The topological polar surface area (TPSA) is 149 Å². The van der Waals surface area contributed by atoms with E-state index in [0.717, 1.165) is 11.1 Å². The van der Waals surface area contributed by atoms with Gasteiger partial charge in [0.1, 0.15) is 30.5 Å². The largest absolute Gasteiger partial charge is 0.409 e. The minimum absolute atomic E-state index is 0.0131. The SMILES string of the molecule is NC(=NO)c1ccc(Cc2cc([C@@H]3O[C@H](CO)[C@@H](O)[C@H](O)[C@H]3O)ccc2Cl)cc1. The molecule has 0 spiro atoms. The standard InChI is InChI=1S/C20H23ClN2O6/c21-14-6-5-12(19-18(27)17(26)16(25)15(9-24)29-19)8-13(14)7-10-1-3-11(4-2-10)20(22)23-28/h1-6,8,15-19,24-28H,7,9H2,(H2,22,23)/t15-,16-,17+,18-,19+/m1/s1. The summed E-state index contributed by atoms with van der Waals surface area (Å²) in [4.78, 5) is 0. The zero-order valence-corrected chi connectivity index (χ0v) is 16.1. The molecule has 0 saturated carbocycles. The van der Waals surface area contributed by atoms with Crippen LogP contribution in [0.15, 0.2) is 47.6 Å². The molecule has 3 rings (SSSR count). The van der Waals surface area contributed by atoms with Crippen LogP contribution in [0.3, 0.4) is 0 Å². The van der Waals surface area contributed by atoms with E-state index in [4.69, 9.17) is 27.3 Å². The molecule has 0 bridgehead atoms. The number of oxime groups is 1. The summed E-state index contributed by atoms with van der Waals surface area (Å²) in [5, 5.41) is 51.9. The van der Waals surface area contributed by atoms with Gasteiger partial charge < -0.3 is 36.1 Å². The Morgan fingerprint density at radius 3 is 2.34 bits per heavy atom. The molecule has 0 radical (unpaired) electrons. The monoisotopic (exact) mass is 422 g/mol. The Morgan fingerprint density at radius 1 is 1.03 bits per heavy atom. The van der Waals surface area contributed by atoms with E-state index in [1.165, 1.54) is 0 Å². The number of benzene rings is 2. The minimum Gasteiger partial charge on any atom is -0.409 e. The van der Waals surface area contributed by atoms with Crippen LogP contribution in [0.25, 0.3) is 0 Å². The predicted molar refractivity (Wildman–Crippen MR) is 106 cm³/mol. The van der Waals surface area contributed by atoms with Crippen LogP contribution in [0.1, 0.15) is 28.4 Å². The zero-order valence-electron chi connectivity index (χ0n) is 15.4. The Balaban J connectivity index is 1.84. The highest BCUT2D eigenvalue weighted by Gasteiger charge is 2.43. The van der Waals surface area contributed by atoms with Gasteiger partial charge in [0.25, 0.3) is 0 Å². The van der Waals surface area contributed by atoms with Gasteiger partial charge in [0, 0.05) is 10.6 Å². The first-order valence-electron chi connectivity index (χ1n) is 9.01. The third-order valence-corrected chi connectivity index (χ3v) is 5.41. The minimum atomic E-state index is -1.45. The van der Waals surface area contributed by atoms with Crippen LogP contribution in [0.5, 0.6) is 0 Å². The van der Waals surface area contributed by atoms with E-state index in [9.17, 15) is 20.4 Å². The first-order chi connectivity index (χ1) is 13.8. The maximum absolute atomic E-state index is 10.3. The lowest BCUT2D eigenvalue weighted by atomic mass is 9.90. The molecule has 2 aromatic carbocycles. The van der Waals surface area contributed by atoms with Crippen molar-refractivity contribution in [3.63, 3.8) is 0 Å². The number of ether oxygens (including phenoxy) is 1. The van der Waals surface area contributed by atoms with Crippen molar-refractivity contribution in [2.45, 2.75) is 36.9 Å². The Hall–Kier alpha value is -2.20. The van der Waals surface area contributed by atoms with Crippen molar-refractivity contribution in [1.82, 2.24) is 0 Å². The number of rotatable bonds is 5. The van der Waals surface area contributed by atoms with E-state index in [1.54, 1.807) is 30.3 Å². The van der Waals surface area contributed by atoms with Crippen LogP contribution in [0.4, 0.5) is 0 Å². The van der Waals surface area contributed by atoms with Crippen molar-refractivity contribution < 1.29 is 30.4 Å². The third kappa shape index (κ3) is 4.53. The van der Waals surface area contributed by atoms with Gasteiger partial charge in [-0.25, -0.2) is 0 Å². The van der Waals surface area contributed by atoms with Crippen LogP contribution >= 0.6 is 11.6 Å². The molecule has 1 aliphatic rings. The summed E-state index contributed by atoms with van der Waals surface area (Å²) in [7, 11) is 0. The molecule has 2 aromatic rings. The number of hydrogen-bond acceptors (Lipinski definition) is 7. The van der Waals surface area contributed by atoms with Gasteiger partial charge in [0.2, 0.25) is 0 Å². The van der Waals surface area contributed by atoms with E-state index in [1.807, 2.05) is 12.1 Å². The smallest absolute Gasteiger partial charge is 0.170 e.